The van der Waals surface area contributed by atoms with Crippen LogP contribution in [-0.2, 0) is 30.4 Å². The maximum atomic E-state index is 13.1. The van der Waals surface area contributed by atoms with E-state index in [1.54, 1.807) is 30.3 Å². The summed E-state index contributed by atoms with van der Waals surface area (Å²) in [4.78, 5) is 60.2. The summed E-state index contributed by atoms with van der Waals surface area (Å²) < 4.78 is 0. The summed E-state index contributed by atoms with van der Waals surface area (Å²) in [7, 11) is 0. The molecule has 0 radical (unpaired) electrons. The second-order valence-corrected chi connectivity index (χ2v) is 10.5. The van der Waals surface area contributed by atoms with Gasteiger partial charge in [0.2, 0.25) is 5.91 Å². The van der Waals surface area contributed by atoms with E-state index in [-0.39, 0.29) is 12.2 Å². The number of carbonyl (C=O) groups is 5. The second kappa shape index (κ2) is 19.5. The van der Waals surface area contributed by atoms with E-state index in [0.717, 1.165) is 44.6 Å². The number of ketones is 1. The van der Waals surface area contributed by atoms with Crippen LogP contribution in [0.15, 0.2) is 42.5 Å². The highest BCUT2D eigenvalue weighted by molar-refractivity contribution is 5.94. The third-order valence-electron chi connectivity index (χ3n) is 6.95. The van der Waals surface area contributed by atoms with Crippen LogP contribution in [0, 0.1) is 5.92 Å². The first kappa shape index (κ1) is 35.5. The lowest BCUT2D eigenvalue weighted by Gasteiger charge is -2.29. The molecule has 41 heavy (non-hydrogen) atoms. The highest BCUT2D eigenvalue weighted by Gasteiger charge is 2.49. The average Bonchev–Trinajstić information content (AvgIpc) is 2.91. The molecule has 1 rings (SSSR count). The summed E-state index contributed by atoms with van der Waals surface area (Å²) in [5, 5.41) is 41.5. The molecule has 3 unspecified atom stereocenters. The predicted octanol–water partition coefficient (Wildman–Crippen LogP) is 4.53. The van der Waals surface area contributed by atoms with Gasteiger partial charge in [-0.2, -0.15) is 0 Å². The lowest BCUT2D eigenvalue weighted by atomic mass is 9.82. The molecule has 0 saturated heterocycles. The predicted molar refractivity (Wildman–Crippen MR) is 153 cm³/mol. The molecule has 0 fully saturated rings. The van der Waals surface area contributed by atoms with Crippen LogP contribution < -0.4 is 5.32 Å². The third-order valence-corrected chi connectivity index (χ3v) is 6.95. The van der Waals surface area contributed by atoms with Gasteiger partial charge in [0.25, 0.3) is 0 Å². The zero-order valence-electron chi connectivity index (χ0n) is 23.9. The number of hydrogen-bond donors (Lipinski definition) is 5. The quantitative estimate of drug-likeness (QED) is 0.0926. The Hall–Kier alpha value is -3.53. The largest absolute Gasteiger partial charge is 0.481 e. The molecule has 0 bridgehead atoms. The summed E-state index contributed by atoms with van der Waals surface area (Å²) in [6, 6.07) is 7.05. The molecule has 10 heteroatoms. The van der Waals surface area contributed by atoms with Crippen molar-refractivity contribution < 1.29 is 44.4 Å². The molecule has 0 aromatic heterocycles. The molecule has 228 valence electrons. The number of benzene rings is 1. The Balaban J connectivity index is 2.74. The number of carboxylic acid groups (broad SMARTS) is 3. The maximum absolute atomic E-state index is 13.1. The molecule has 1 aromatic rings. The van der Waals surface area contributed by atoms with Crippen molar-refractivity contribution in [3.8, 4) is 0 Å². The van der Waals surface area contributed by atoms with Crippen molar-refractivity contribution in [3.63, 3.8) is 0 Å². The number of hydrogen-bond acceptors (Lipinski definition) is 6. The minimum absolute atomic E-state index is 0.0931. The maximum Gasteiger partial charge on any atom is 0.337 e. The van der Waals surface area contributed by atoms with Crippen LogP contribution in [0.5, 0.6) is 0 Å². The van der Waals surface area contributed by atoms with Crippen molar-refractivity contribution in [2.45, 2.75) is 108 Å². The second-order valence-electron chi connectivity index (χ2n) is 10.5. The van der Waals surface area contributed by atoms with Gasteiger partial charge in [-0.1, -0.05) is 87.9 Å². The number of unbranched alkanes of at least 4 members (excludes halogenated alkanes) is 8. The van der Waals surface area contributed by atoms with Crippen LogP contribution in [0.3, 0.4) is 0 Å². The highest BCUT2D eigenvalue weighted by atomic mass is 16.4. The van der Waals surface area contributed by atoms with Crippen molar-refractivity contribution in [1.29, 1.82) is 0 Å². The van der Waals surface area contributed by atoms with E-state index in [0.29, 0.717) is 31.2 Å². The summed E-state index contributed by atoms with van der Waals surface area (Å²) in [5.41, 5.74) is -2.38. The molecule has 0 spiro atoms. The molecule has 0 heterocycles. The molecule has 0 aliphatic carbocycles. The van der Waals surface area contributed by atoms with Crippen LogP contribution in [-0.4, -0.2) is 61.7 Å². The van der Waals surface area contributed by atoms with Gasteiger partial charge >= 0.3 is 17.9 Å². The molecule has 1 aromatic carbocycles. The van der Waals surface area contributed by atoms with Crippen molar-refractivity contribution in [1.82, 2.24) is 5.32 Å². The number of nitrogens with one attached hydrogen (secondary N) is 1. The molecule has 10 nitrogen and oxygen atoms in total. The van der Waals surface area contributed by atoms with Crippen molar-refractivity contribution in [2.24, 2.45) is 5.92 Å². The minimum Gasteiger partial charge on any atom is -0.481 e. The molecular weight excluding hydrogens is 530 g/mol. The molecule has 5 N–H and O–H groups in total. The van der Waals surface area contributed by atoms with E-state index >= 15 is 0 Å². The topological polar surface area (TPSA) is 178 Å². The number of Topliss-reactive ketones (excluding diaryl/α,β-unsaturated/α-hetero) is 1. The normalized spacial score (nSPS) is 14.2. The SMILES string of the molecule is CCCCCCCC(=O)CCCCCC/C=C\C(C(=O)NC(Cc1ccccc1)C(=O)O)C(O)(CC(=O)O)C(=O)O. The smallest absolute Gasteiger partial charge is 0.337 e. The Morgan fingerprint density at radius 2 is 1.44 bits per heavy atom. The summed E-state index contributed by atoms with van der Waals surface area (Å²) in [5.74, 6) is -7.58. The fraction of sp³-hybridized carbons (Fsp3) is 0.581. The number of rotatable bonds is 23. The van der Waals surface area contributed by atoms with Crippen molar-refractivity contribution in [3.05, 3.63) is 48.0 Å². The van der Waals surface area contributed by atoms with Crippen LogP contribution in [0.2, 0.25) is 0 Å². The first-order valence-electron chi connectivity index (χ1n) is 14.4. The highest BCUT2D eigenvalue weighted by Crippen LogP contribution is 2.25. The van der Waals surface area contributed by atoms with Crippen molar-refractivity contribution >= 4 is 29.6 Å². The molecule has 1 amide bonds. The Bertz CT molecular complexity index is 1010. The number of carbonyl (C=O) groups excluding carboxylic acids is 2. The number of amides is 1. The number of carboxylic acids is 3. The fourth-order valence-corrected chi connectivity index (χ4v) is 4.54. The molecule has 3 atom stereocenters. The van der Waals surface area contributed by atoms with Gasteiger partial charge in [-0.25, -0.2) is 9.59 Å². The molecule has 0 aliphatic heterocycles. The number of aliphatic carboxylic acids is 3. The van der Waals surface area contributed by atoms with E-state index in [1.807, 2.05) is 0 Å². The summed E-state index contributed by atoms with van der Waals surface area (Å²) in [6.45, 7) is 2.15. The summed E-state index contributed by atoms with van der Waals surface area (Å²) in [6.07, 6.45) is 11.5. The van der Waals surface area contributed by atoms with Gasteiger partial charge in [-0.3, -0.25) is 14.4 Å². The van der Waals surface area contributed by atoms with Gasteiger partial charge in [0.05, 0.1) is 12.3 Å². The van der Waals surface area contributed by atoms with E-state index < -0.39 is 47.8 Å². The lowest BCUT2D eigenvalue weighted by Crippen LogP contribution is -2.55. The minimum atomic E-state index is -2.99. The summed E-state index contributed by atoms with van der Waals surface area (Å²) >= 11 is 0. The van der Waals surface area contributed by atoms with Crippen LogP contribution in [0.25, 0.3) is 0 Å². The van der Waals surface area contributed by atoms with Gasteiger partial charge in [-0.15, -0.1) is 0 Å². The standard InChI is InChI=1S/C31H45NO9/c1-2-3-4-7-13-18-24(33)19-14-8-5-6-9-15-20-25(31(41,30(39)40)22-27(34)35)28(36)32-26(29(37)38)21-23-16-11-10-12-17-23/h10-12,15-17,20,25-26,41H,2-9,13-14,18-19,21-22H2,1H3,(H,32,36)(H,34,35)(H,37,38)(H,39,40)/b20-15-. The van der Waals surface area contributed by atoms with E-state index in [4.69, 9.17) is 0 Å². The van der Waals surface area contributed by atoms with Gasteiger partial charge in [0, 0.05) is 19.3 Å². The van der Waals surface area contributed by atoms with E-state index in [9.17, 15) is 44.4 Å². The third kappa shape index (κ3) is 14.1. The van der Waals surface area contributed by atoms with E-state index in [2.05, 4.69) is 12.2 Å². The van der Waals surface area contributed by atoms with Crippen LogP contribution in [0.4, 0.5) is 0 Å². The Morgan fingerprint density at radius 3 is 1.98 bits per heavy atom. The monoisotopic (exact) mass is 575 g/mol. The Morgan fingerprint density at radius 1 is 0.854 bits per heavy atom. The van der Waals surface area contributed by atoms with E-state index in [1.165, 1.54) is 18.9 Å². The first-order valence-corrected chi connectivity index (χ1v) is 14.4. The Kier molecular flexibility index (Phi) is 16.9. The van der Waals surface area contributed by atoms with Gasteiger partial charge in [-0.05, 0) is 31.2 Å². The fourth-order valence-electron chi connectivity index (χ4n) is 4.54. The average molecular weight is 576 g/mol. The first-order chi connectivity index (χ1) is 19.5. The molecular formula is C31H45NO9. The van der Waals surface area contributed by atoms with Crippen LogP contribution in [0.1, 0.15) is 96.0 Å². The zero-order valence-corrected chi connectivity index (χ0v) is 23.9. The number of aliphatic hydroxyl groups is 1. The van der Waals surface area contributed by atoms with Gasteiger partial charge in [0.15, 0.2) is 5.60 Å². The lowest BCUT2D eigenvalue weighted by molar-refractivity contribution is -0.172. The van der Waals surface area contributed by atoms with Gasteiger partial charge in [0.1, 0.15) is 11.8 Å². The molecule has 0 aliphatic rings. The van der Waals surface area contributed by atoms with Gasteiger partial charge < -0.3 is 25.7 Å². The molecule has 0 saturated carbocycles. The van der Waals surface area contributed by atoms with Crippen molar-refractivity contribution in [2.75, 3.05) is 0 Å². The number of allylic oxidation sites excluding steroid dienone is 1. The zero-order chi connectivity index (χ0) is 30.7. The Labute approximate surface area is 241 Å². The van der Waals surface area contributed by atoms with Crippen LogP contribution >= 0.6 is 0 Å².